The maximum absolute atomic E-state index is 15.1. The molecule has 2 aromatic rings. The number of nitrogens with zero attached hydrogens (tertiary/aromatic N) is 3. The average Bonchev–Trinajstić information content (AvgIpc) is 3.48. The number of halogens is 6. The van der Waals surface area contributed by atoms with E-state index in [1.54, 1.807) is 31.7 Å². The van der Waals surface area contributed by atoms with E-state index in [9.17, 15) is 27.6 Å². The molecule has 2 N–H and O–H groups in total. The van der Waals surface area contributed by atoms with Crippen LogP contribution in [-0.2, 0) is 16.1 Å². The van der Waals surface area contributed by atoms with Gasteiger partial charge in [-0.25, -0.2) is 13.6 Å². The van der Waals surface area contributed by atoms with E-state index in [0.717, 1.165) is 6.07 Å². The Balaban J connectivity index is 1.36. The molecule has 2 heterocycles. The molecule has 4 rings (SSSR count). The highest BCUT2D eigenvalue weighted by molar-refractivity contribution is 6.31. The molecule has 2 saturated heterocycles. The fourth-order valence-corrected chi connectivity index (χ4v) is 5.42. The summed E-state index contributed by atoms with van der Waals surface area (Å²) in [5.74, 6) is -4.57. The fourth-order valence-electron chi connectivity index (χ4n) is 5.25. The monoisotopic (exact) mass is 673 g/mol. The van der Waals surface area contributed by atoms with Crippen molar-refractivity contribution < 1.29 is 41.1 Å². The minimum atomic E-state index is -4.25. The summed E-state index contributed by atoms with van der Waals surface area (Å²) in [7, 11) is 0. The van der Waals surface area contributed by atoms with Gasteiger partial charge in [-0.15, -0.1) is 0 Å². The normalized spacial score (nSPS) is 17.6. The van der Waals surface area contributed by atoms with Crippen molar-refractivity contribution in [3.05, 3.63) is 58.1 Å². The van der Waals surface area contributed by atoms with Crippen LogP contribution in [0.1, 0.15) is 49.5 Å². The Bertz CT molecular complexity index is 1440. The first-order valence-corrected chi connectivity index (χ1v) is 15.3. The second-order valence-corrected chi connectivity index (χ2v) is 12.8. The van der Waals surface area contributed by atoms with Crippen LogP contribution in [0.15, 0.2) is 30.3 Å². The number of benzene rings is 2. The molecule has 2 aromatic carbocycles. The number of amides is 3. The number of ether oxygens (including phenoxy) is 1. The van der Waals surface area contributed by atoms with Gasteiger partial charge in [0.1, 0.15) is 5.60 Å². The molecule has 15 heteroatoms. The van der Waals surface area contributed by atoms with Gasteiger partial charge in [0.2, 0.25) is 5.91 Å². The summed E-state index contributed by atoms with van der Waals surface area (Å²) in [4.78, 5) is 43.0. The lowest BCUT2D eigenvalue weighted by Gasteiger charge is -2.37. The standard InChI is InChI=1S/C31H37ClF5N5O4/c1-30(2,3)46-29(45)42-10-8-20(18-42)27(43)38-17-19-4-6-22(26(34)25(19)33)28(44)39-23-7-5-21(32)16-24(23)41-14-12-40(13-15-41)11-9-31(35,36)37/h4-7,16,20H,8-15,17-18H2,1-3H3,(H,38,43)(H,39,44)/t20-/m0/s1. The number of carbonyl (C=O) groups excluding carboxylic acids is 3. The van der Waals surface area contributed by atoms with E-state index in [4.69, 9.17) is 16.3 Å². The molecule has 0 radical (unpaired) electrons. The summed E-state index contributed by atoms with van der Waals surface area (Å²) < 4.78 is 73.3. The van der Waals surface area contributed by atoms with E-state index in [-0.39, 0.29) is 30.9 Å². The molecule has 2 aliphatic rings. The van der Waals surface area contributed by atoms with Crippen LogP contribution >= 0.6 is 11.6 Å². The third-order valence-electron chi connectivity index (χ3n) is 7.70. The number of hydrogen-bond acceptors (Lipinski definition) is 6. The summed E-state index contributed by atoms with van der Waals surface area (Å²) in [6.45, 7) is 6.67. The van der Waals surface area contributed by atoms with Crippen LogP contribution in [0.2, 0.25) is 5.02 Å². The number of anilines is 2. The van der Waals surface area contributed by atoms with Crippen LogP contribution in [0, 0.1) is 17.6 Å². The predicted octanol–water partition coefficient (Wildman–Crippen LogP) is 5.82. The van der Waals surface area contributed by atoms with Crippen molar-refractivity contribution in [3.63, 3.8) is 0 Å². The number of likely N-dealkylation sites (tertiary alicyclic amines) is 1. The molecule has 2 aliphatic heterocycles. The molecule has 9 nitrogen and oxygen atoms in total. The summed E-state index contributed by atoms with van der Waals surface area (Å²) in [5.41, 5.74) is -0.645. The summed E-state index contributed by atoms with van der Waals surface area (Å²) in [5, 5.41) is 5.51. The van der Waals surface area contributed by atoms with Gasteiger partial charge in [0.15, 0.2) is 11.6 Å². The number of carbonyl (C=O) groups is 3. The Hall–Kier alpha value is -3.65. The SMILES string of the molecule is CC(C)(C)OC(=O)N1CC[C@H](C(=O)NCc2ccc(C(=O)Nc3ccc(Cl)cc3N3CCN(CCC(F)(F)F)CC3)c(F)c2F)C1. The van der Waals surface area contributed by atoms with Crippen LogP contribution in [-0.4, -0.2) is 85.3 Å². The van der Waals surface area contributed by atoms with Crippen molar-refractivity contribution in [1.29, 1.82) is 0 Å². The number of rotatable bonds is 8. The predicted molar refractivity (Wildman–Crippen MR) is 163 cm³/mol. The molecule has 1 atom stereocenters. The maximum Gasteiger partial charge on any atom is 0.410 e. The molecule has 0 aromatic heterocycles. The van der Waals surface area contributed by atoms with Crippen LogP contribution < -0.4 is 15.5 Å². The lowest BCUT2D eigenvalue weighted by atomic mass is 10.1. The topological polar surface area (TPSA) is 94.2 Å². The van der Waals surface area contributed by atoms with E-state index >= 15 is 8.78 Å². The zero-order chi connectivity index (χ0) is 33.8. The lowest BCUT2D eigenvalue weighted by molar-refractivity contribution is -0.138. The third-order valence-corrected chi connectivity index (χ3v) is 7.94. The Morgan fingerprint density at radius 1 is 0.978 bits per heavy atom. The first kappa shape index (κ1) is 35.2. The van der Waals surface area contributed by atoms with E-state index in [0.29, 0.717) is 49.9 Å². The first-order chi connectivity index (χ1) is 21.5. The van der Waals surface area contributed by atoms with E-state index < -0.39 is 59.2 Å². The molecule has 0 saturated carbocycles. The number of nitrogens with one attached hydrogen (secondary N) is 2. The molecule has 2 fully saturated rings. The smallest absolute Gasteiger partial charge is 0.410 e. The quantitative estimate of drug-likeness (QED) is 0.343. The number of piperazine rings is 1. The van der Waals surface area contributed by atoms with Gasteiger partial charge in [-0.3, -0.25) is 14.5 Å². The van der Waals surface area contributed by atoms with Crippen LogP contribution in [0.3, 0.4) is 0 Å². The molecular formula is C31H37ClF5N5O4. The second-order valence-electron chi connectivity index (χ2n) is 12.3. The van der Waals surface area contributed by atoms with Crippen molar-refractivity contribution in [2.24, 2.45) is 5.92 Å². The molecule has 252 valence electrons. The summed E-state index contributed by atoms with van der Waals surface area (Å²) in [6, 6.07) is 6.93. The number of alkyl halides is 3. The van der Waals surface area contributed by atoms with E-state index in [1.165, 1.54) is 23.1 Å². The fraction of sp³-hybridized carbons (Fsp3) is 0.516. The second kappa shape index (κ2) is 14.4. The minimum absolute atomic E-state index is 0.117. The van der Waals surface area contributed by atoms with Gasteiger partial charge in [-0.1, -0.05) is 17.7 Å². The molecule has 0 bridgehead atoms. The molecule has 0 unspecified atom stereocenters. The van der Waals surface area contributed by atoms with Crippen molar-refractivity contribution in [2.45, 2.75) is 51.9 Å². The highest BCUT2D eigenvalue weighted by Gasteiger charge is 2.34. The number of hydrogen-bond donors (Lipinski definition) is 2. The van der Waals surface area contributed by atoms with Crippen molar-refractivity contribution >= 4 is 40.9 Å². The van der Waals surface area contributed by atoms with Gasteiger partial charge in [0, 0.05) is 62.9 Å². The molecule has 3 amide bonds. The van der Waals surface area contributed by atoms with Gasteiger partial charge in [-0.05, 0) is 51.5 Å². The van der Waals surface area contributed by atoms with Crippen molar-refractivity contribution in [2.75, 3.05) is 56.0 Å². The highest BCUT2D eigenvalue weighted by atomic mass is 35.5. The first-order valence-electron chi connectivity index (χ1n) is 14.9. The minimum Gasteiger partial charge on any atom is -0.444 e. The average molecular weight is 674 g/mol. The highest BCUT2D eigenvalue weighted by Crippen LogP contribution is 2.32. The zero-order valence-electron chi connectivity index (χ0n) is 25.8. The Labute approximate surface area is 269 Å². The van der Waals surface area contributed by atoms with Gasteiger partial charge < -0.3 is 25.2 Å². The maximum atomic E-state index is 15.1. The Morgan fingerprint density at radius 2 is 1.67 bits per heavy atom. The molecule has 0 spiro atoms. The molecule has 0 aliphatic carbocycles. The lowest BCUT2D eigenvalue weighted by Crippen LogP contribution is -2.47. The zero-order valence-corrected chi connectivity index (χ0v) is 26.5. The van der Waals surface area contributed by atoms with Crippen molar-refractivity contribution in [3.8, 4) is 0 Å². The summed E-state index contributed by atoms with van der Waals surface area (Å²) in [6.07, 6.45) is -5.29. The Morgan fingerprint density at radius 3 is 2.33 bits per heavy atom. The Kier molecular flexibility index (Phi) is 11.0. The third kappa shape index (κ3) is 9.44. The van der Waals surface area contributed by atoms with Crippen LogP contribution in [0.5, 0.6) is 0 Å². The molecular weight excluding hydrogens is 637 g/mol. The van der Waals surface area contributed by atoms with Crippen LogP contribution in [0.25, 0.3) is 0 Å². The summed E-state index contributed by atoms with van der Waals surface area (Å²) >= 11 is 6.18. The van der Waals surface area contributed by atoms with Gasteiger partial charge in [0.05, 0.1) is 29.3 Å². The van der Waals surface area contributed by atoms with Crippen LogP contribution in [0.4, 0.5) is 38.1 Å². The van der Waals surface area contributed by atoms with Gasteiger partial charge >= 0.3 is 12.3 Å². The van der Waals surface area contributed by atoms with E-state index in [2.05, 4.69) is 10.6 Å². The van der Waals surface area contributed by atoms with Gasteiger partial charge in [0.25, 0.3) is 5.91 Å². The van der Waals surface area contributed by atoms with E-state index in [1.807, 2.05) is 4.90 Å². The largest absolute Gasteiger partial charge is 0.444 e. The molecule has 46 heavy (non-hydrogen) atoms. The van der Waals surface area contributed by atoms with Crippen molar-refractivity contribution in [1.82, 2.24) is 15.1 Å². The van der Waals surface area contributed by atoms with Gasteiger partial charge in [-0.2, -0.15) is 13.2 Å².